The molecule has 28 heavy (non-hydrogen) atoms. The van der Waals surface area contributed by atoms with E-state index in [4.69, 9.17) is 4.74 Å². The molecule has 0 spiro atoms. The van der Waals surface area contributed by atoms with Gasteiger partial charge in [0.15, 0.2) is 0 Å². The Morgan fingerprint density at radius 1 is 0.893 bits per heavy atom. The third kappa shape index (κ3) is 4.02. The smallest absolute Gasteiger partial charge is 0.121 e. The standard InChI is InChI=1S/C24H31N3O/c1-16(2)28-18(4)20-14-10-11-15-21(20)23-22(19-13-9-8-12-17(19)3)25-26-27(23)24(5,6)7/h8-16,18H,1-7H3. The largest absolute Gasteiger partial charge is 0.371 e. The lowest BCUT2D eigenvalue weighted by Gasteiger charge is -2.25. The van der Waals surface area contributed by atoms with Gasteiger partial charge in [-0.3, -0.25) is 0 Å². The highest BCUT2D eigenvalue weighted by molar-refractivity contribution is 5.81. The number of ether oxygens (including phenoxy) is 1. The van der Waals surface area contributed by atoms with Crippen LogP contribution in [0.1, 0.15) is 58.8 Å². The van der Waals surface area contributed by atoms with Crippen LogP contribution < -0.4 is 0 Å². The Labute approximate surface area is 168 Å². The summed E-state index contributed by atoms with van der Waals surface area (Å²) in [7, 11) is 0. The van der Waals surface area contributed by atoms with E-state index in [2.05, 4.69) is 107 Å². The summed E-state index contributed by atoms with van der Waals surface area (Å²) >= 11 is 0. The SMILES string of the molecule is Cc1ccccc1-c1nnn(C(C)(C)C)c1-c1ccccc1C(C)OC(C)C. The zero-order valence-electron chi connectivity index (χ0n) is 18.0. The van der Waals surface area contributed by atoms with Crippen molar-refractivity contribution in [2.45, 2.75) is 66.2 Å². The lowest BCUT2D eigenvalue weighted by molar-refractivity contribution is 0.0181. The van der Waals surface area contributed by atoms with E-state index >= 15 is 0 Å². The van der Waals surface area contributed by atoms with E-state index in [1.54, 1.807) is 0 Å². The number of rotatable bonds is 5. The summed E-state index contributed by atoms with van der Waals surface area (Å²) in [6, 6.07) is 16.8. The van der Waals surface area contributed by atoms with Gasteiger partial charge in [-0.2, -0.15) is 0 Å². The van der Waals surface area contributed by atoms with Crippen molar-refractivity contribution in [3.05, 3.63) is 59.7 Å². The molecule has 0 aliphatic carbocycles. The number of aryl methyl sites for hydroxylation is 1. The van der Waals surface area contributed by atoms with Crippen molar-refractivity contribution in [3.8, 4) is 22.5 Å². The highest BCUT2D eigenvalue weighted by atomic mass is 16.5. The van der Waals surface area contributed by atoms with Gasteiger partial charge in [-0.1, -0.05) is 53.7 Å². The molecule has 1 aromatic heterocycles. The first-order valence-corrected chi connectivity index (χ1v) is 9.97. The summed E-state index contributed by atoms with van der Waals surface area (Å²) in [5, 5.41) is 9.19. The lowest BCUT2D eigenvalue weighted by Crippen LogP contribution is -2.24. The molecule has 0 saturated carbocycles. The van der Waals surface area contributed by atoms with Crippen LogP contribution in [0.4, 0.5) is 0 Å². The average molecular weight is 378 g/mol. The van der Waals surface area contributed by atoms with Crippen LogP contribution in [0.2, 0.25) is 0 Å². The molecule has 3 rings (SSSR count). The Hall–Kier alpha value is -2.46. The number of nitrogens with zero attached hydrogens (tertiary/aromatic N) is 3. The molecule has 1 unspecified atom stereocenters. The zero-order chi connectivity index (χ0) is 20.5. The second-order valence-corrected chi connectivity index (χ2v) is 8.60. The summed E-state index contributed by atoms with van der Waals surface area (Å²) < 4.78 is 8.16. The Morgan fingerprint density at radius 2 is 1.50 bits per heavy atom. The fourth-order valence-electron chi connectivity index (χ4n) is 3.56. The molecule has 1 atom stereocenters. The number of hydrogen-bond donors (Lipinski definition) is 0. The van der Waals surface area contributed by atoms with Gasteiger partial charge < -0.3 is 4.74 Å². The van der Waals surface area contributed by atoms with Crippen molar-refractivity contribution in [1.29, 1.82) is 0 Å². The fourth-order valence-corrected chi connectivity index (χ4v) is 3.56. The van der Waals surface area contributed by atoms with Gasteiger partial charge in [-0.15, -0.1) is 5.10 Å². The molecule has 1 heterocycles. The summed E-state index contributed by atoms with van der Waals surface area (Å²) in [6.45, 7) is 14.8. The maximum Gasteiger partial charge on any atom is 0.121 e. The van der Waals surface area contributed by atoms with Crippen molar-refractivity contribution in [2.24, 2.45) is 0 Å². The van der Waals surface area contributed by atoms with Crippen LogP contribution in [-0.4, -0.2) is 21.1 Å². The van der Waals surface area contributed by atoms with Gasteiger partial charge >= 0.3 is 0 Å². The van der Waals surface area contributed by atoms with E-state index in [0.29, 0.717) is 0 Å². The van der Waals surface area contributed by atoms with E-state index in [0.717, 1.165) is 28.1 Å². The predicted octanol–water partition coefficient (Wildman–Crippen LogP) is 6.16. The number of aromatic nitrogens is 3. The van der Waals surface area contributed by atoms with Crippen LogP contribution >= 0.6 is 0 Å². The van der Waals surface area contributed by atoms with Gasteiger partial charge in [0.1, 0.15) is 5.69 Å². The van der Waals surface area contributed by atoms with Crippen LogP contribution in [0.25, 0.3) is 22.5 Å². The first kappa shape index (κ1) is 20.3. The van der Waals surface area contributed by atoms with E-state index < -0.39 is 0 Å². The molecule has 0 aliphatic heterocycles. The lowest BCUT2D eigenvalue weighted by atomic mass is 9.94. The molecule has 0 saturated heterocycles. The molecular formula is C24H31N3O. The maximum atomic E-state index is 6.12. The third-order valence-electron chi connectivity index (χ3n) is 4.84. The van der Waals surface area contributed by atoms with E-state index in [1.807, 2.05) is 4.68 Å². The molecule has 4 nitrogen and oxygen atoms in total. The van der Waals surface area contributed by atoms with Crippen molar-refractivity contribution in [1.82, 2.24) is 15.0 Å². The highest BCUT2D eigenvalue weighted by Gasteiger charge is 2.27. The predicted molar refractivity (Wildman–Crippen MR) is 115 cm³/mol. The van der Waals surface area contributed by atoms with Crippen LogP contribution in [-0.2, 0) is 10.3 Å². The Balaban J connectivity index is 2.28. The van der Waals surface area contributed by atoms with E-state index in [-0.39, 0.29) is 17.7 Å². The molecule has 0 radical (unpaired) electrons. The summed E-state index contributed by atoms with van der Waals surface area (Å²) in [5.74, 6) is 0. The summed E-state index contributed by atoms with van der Waals surface area (Å²) in [5.41, 5.74) is 6.33. The van der Waals surface area contributed by atoms with Crippen molar-refractivity contribution in [2.75, 3.05) is 0 Å². The van der Waals surface area contributed by atoms with Gasteiger partial charge in [0.2, 0.25) is 0 Å². The van der Waals surface area contributed by atoms with E-state index in [1.165, 1.54) is 5.56 Å². The quantitative estimate of drug-likeness (QED) is 0.534. The molecule has 2 aromatic carbocycles. The Morgan fingerprint density at radius 3 is 2.11 bits per heavy atom. The second kappa shape index (κ2) is 7.88. The van der Waals surface area contributed by atoms with Crippen molar-refractivity contribution < 1.29 is 4.74 Å². The molecule has 3 aromatic rings. The molecule has 0 N–H and O–H groups in total. The number of benzene rings is 2. The topological polar surface area (TPSA) is 39.9 Å². The van der Waals surface area contributed by atoms with E-state index in [9.17, 15) is 0 Å². The first-order valence-electron chi connectivity index (χ1n) is 9.97. The minimum Gasteiger partial charge on any atom is -0.371 e. The summed E-state index contributed by atoms with van der Waals surface area (Å²) in [6.07, 6.45) is 0.133. The van der Waals surface area contributed by atoms with Gasteiger partial charge in [-0.05, 0) is 59.6 Å². The van der Waals surface area contributed by atoms with Gasteiger partial charge in [0, 0.05) is 11.1 Å². The first-order chi connectivity index (χ1) is 13.2. The summed E-state index contributed by atoms with van der Waals surface area (Å²) in [4.78, 5) is 0. The van der Waals surface area contributed by atoms with Crippen LogP contribution in [0, 0.1) is 6.92 Å². The fraction of sp³-hybridized carbons (Fsp3) is 0.417. The van der Waals surface area contributed by atoms with Gasteiger partial charge in [-0.25, -0.2) is 4.68 Å². The minimum atomic E-state index is -0.196. The monoisotopic (exact) mass is 377 g/mol. The molecule has 0 bridgehead atoms. The maximum absolute atomic E-state index is 6.12. The molecule has 4 heteroatoms. The van der Waals surface area contributed by atoms with Crippen LogP contribution in [0.3, 0.4) is 0 Å². The average Bonchev–Trinajstić information content (AvgIpc) is 3.06. The van der Waals surface area contributed by atoms with Crippen molar-refractivity contribution >= 4 is 0 Å². The molecule has 0 fully saturated rings. The van der Waals surface area contributed by atoms with Gasteiger partial charge in [0.05, 0.1) is 23.4 Å². The zero-order valence-corrected chi connectivity index (χ0v) is 18.0. The minimum absolute atomic E-state index is 0.0239. The van der Waals surface area contributed by atoms with Crippen molar-refractivity contribution in [3.63, 3.8) is 0 Å². The molecular weight excluding hydrogens is 346 g/mol. The van der Waals surface area contributed by atoms with Crippen LogP contribution in [0.5, 0.6) is 0 Å². The number of hydrogen-bond acceptors (Lipinski definition) is 3. The van der Waals surface area contributed by atoms with Crippen LogP contribution in [0.15, 0.2) is 48.5 Å². The highest BCUT2D eigenvalue weighted by Crippen LogP contribution is 2.38. The molecule has 148 valence electrons. The third-order valence-corrected chi connectivity index (χ3v) is 4.84. The molecule has 0 amide bonds. The Bertz CT molecular complexity index is 950. The van der Waals surface area contributed by atoms with Gasteiger partial charge in [0.25, 0.3) is 0 Å². The molecule has 0 aliphatic rings. The normalized spacial score (nSPS) is 13.1. The second-order valence-electron chi connectivity index (χ2n) is 8.60. The Kier molecular flexibility index (Phi) is 5.71.